The lowest BCUT2D eigenvalue weighted by atomic mass is 10.0. The number of methoxy groups -OCH3 is 2. The van der Waals surface area contributed by atoms with Crippen molar-refractivity contribution in [1.29, 1.82) is 0 Å². The van der Waals surface area contributed by atoms with Crippen molar-refractivity contribution in [2.24, 2.45) is 0 Å². The lowest BCUT2D eigenvalue weighted by molar-refractivity contribution is -0.137. The zero-order valence-electron chi connectivity index (χ0n) is 12.7. The molecule has 1 rings (SSSR count). The Balaban J connectivity index is 2.92. The number of rotatable bonds is 7. The van der Waals surface area contributed by atoms with Gasteiger partial charge in [-0.25, -0.2) is 9.59 Å². The number of aliphatic hydroxyl groups is 1. The fourth-order valence-electron chi connectivity index (χ4n) is 1.65. The first-order valence-electron chi connectivity index (χ1n) is 6.52. The van der Waals surface area contributed by atoms with E-state index in [2.05, 4.69) is 16.1 Å². The molecule has 7 heteroatoms. The van der Waals surface area contributed by atoms with Gasteiger partial charge >= 0.3 is 11.9 Å². The smallest absolute Gasteiger partial charge is 0.336 e. The normalized spacial score (nSPS) is 11.8. The van der Waals surface area contributed by atoms with E-state index in [9.17, 15) is 14.7 Å². The number of ether oxygens (including phenoxy) is 3. The number of benzene rings is 1. The maximum Gasteiger partial charge on any atom is 0.336 e. The van der Waals surface area contributed by atoms with Crippen LogP contribution in [0.1, 0.15) is 11.7 Å². The predicted molar refractivity (Wildman–Crippen MR) is 84.2 cm³/mol. The van der Waals surface area contributed by atoms with Gasteiger partial charge < -0.3 is 19.3 Å². The highest BCUT2D eigenvalue weighted by Crippen LogP contribution is 2.32. The molecule has 6 nitrogen and oxygen atoms in total. The molecule has 0 saturated heterocycles. The van der Waals surface area contributed by atoms with Crippen LogP contribution in [0.25, 0.3) is 0 Å². The molecule has 1 aromatic carbocycles. The van der Waals surface area contributed by atoms with Crippen molar-refractivity contribution in [2.45, 2.75) is 6.10 Å². The minimum Gasteiger partial charge on any atom is -0.489 e. The average molecular weight is 341 g/mol. The molecule has 0 aliphatic carbocycles. The molecule has 0 amide bonds. The van der Waals surface area contributed by atoms with E-state index in [1.165, 1.54) is 38.5 Å². The molecule has 1 aromatic rings. The van der Waals surface area contributed by atoms with Gasteiger partial charge in [0.1, 0.15) is 18.5 Å². The van der Waals surface area contributed by atoms with E-state index in [0.29, 0.717) is 10.8 Å². The summed E-state index contributed by atoms with van der Waals surface area (Å²) in [5, 5.41) is 10.6. The second-order valence-corrected chi connectivity index (χ2v) is 4.77. The average Bonchev–Trinajstić information content (AvgIpc) is 2.57. The molecule has 0 heterocycles. The van der Waals surface area contributed by atoms with Crippen LogP contribution in [0, 0.1) is 0 Å². The van der Waals surface area contributed by atoms with Crippen LogP contribution < -0.4 is 4.74 Å². The van der Waals surface area contributed by atoms with E-state index in [4.69, 9.17) is 16.3 Å². The standard InChI is InChI=1S/C16H17ClO6/c1-10(16(20)22-3)15(19)12-9-11(17)6-7-13(12)23-8-4-5-14(18)21-2/h4-7,9,15,19H,1,8H2,2-3H3/b5-4+. The van der Waals surface area contributed by atoms with Gasteiger partial charge in [0.15, 0.2) is 0 Å². The molecule has 0 fully saturated rings. The Labute approximate surface area is 138 Å². The third-order valence-electron chi connectivity index (χ3n) is 2.83. The van der Waals surface area contributed by atoms with Crippen LogP contribution in [0.3, 0.4) is 0 Å². The van der Waals surface area contributed by atoms with Crippen molar-refractivity contribution >= 4 is 23.5 Å². The minimum absolute atomic E-state index is 0.0567. The van der Waals surface area contributed by atoms with Gasteiger partial charge in [-0.15, -0.1) is 0 Å². The summed E-state index contributed by atoms with van der Waals surface area (Å²) >= 11 is 5.91. The Kier molecular flexibility index (Phi) is 7.31. The zero-order valence-corrected chi connectivity index (χ0v) is 13.5. The summed E-state index contributed by atoms with van der Waals surface area (Å²) in [7, 11) is 2.45. The summed E-state index contributed by atoms with van der Waals surface area (Å²) in [6.45, 7) is 3.56. The molecule has 1 atom stereocenters. The van der Waals surface area contributed by atoms with E-state index in [1.807, 2.05) is 0 Å². The molecule has 1 unspecified atom stereocenters. The molecule has 0 aliphatic heterocycles. The Morgan fingerprint density at radius 3 is 2.65 bits per heavy atom. The molecule has 0 saturated carbocycles. The summed E-state index contributed by atoms with van der Waals surface area (Å²) in [5.74, 6) is -0.959. The van der Waals surface area contributed by atoms with Crippen LogP contribution >= 0.6 is 11.6 Å². The van der Waals surface area contributed by atoms with Crippen LogP contribution in [0.5, 0.6) is 5.75 Å². The zero-order chi connectivity index (χ0) is 17.4. The van der Waals surface area contributed by atoms with Gasteiger partial charge in [0.25, 0.3) is 0 Å². The van der Waals surface area contributed by atoms with Gasteiger partial charge in [0.05, 0.1) is 19.8 Å². The Bertz CT molecular complexity index is 623. The van der Waals surface area contributed by atoms with Crippen molar-refractivity contribution in [1.82, 2.24) is 0 Å². The summed E-state index contributed by atoms with van der Waals surface area (Å²) in [4.78, 5) is 22.4. The van der Waals surface area contributed by atoms with Gasteiger partial charge in [-0.1, -0.05) is 18.2 Å². The second kappa shape index (κ2) is 8.97. The Hall–Kier alpha value is -2.31. The first-order valence-corrected chi connectivity index (χ1v) is 6.90. The van der Waals surface area contributed by atoms with Crippen LogP contribution in [0.2, 0.25) is 5.02 Å². The van der Waals surface area contributed by atoms with Gasteiger partial charge in [-0.2, -0.15) is 0 Å². The lowest BCUT2D eigenvalue weighted by Gasteiger charge is -2.17. The largest absolute Gasteiger partial charge is 0.489 e. The monoisotopic (exact) mass is 340 g/mol. The molecule has 0 aliphatic rings. The van der Waals surface area contributed by atoms with Crippen LogP contribution in [0.15, 0.2) is 42.5 Å². The molecule has 23 heavy (non-hydrogen) atoms. The van der Waals surface area contributed by atoms with E-state index in [1.54, 1.807) is 6.07 Å². The third-order valence-corrected chi connectivity index (χ3v) is 3.07. The number of aliphatic hydroxyl groups excluding tert-OH is 1. The fraction of sp³-hybridized carbons (Fsp3) is 0.250. The predicted octanol–water partition coefficient (Wildman–Crippen LogP) is 2.21. The van der Waals surface area contributed by atoms with Crippen molar-refractivity contribution < 1.29 is 28.9 Å². The van der Waals surface area contributed by atoms with Crippen molar-refractivity contribution in [2.75, 3.05) is 20.8 Å². The summed E-state index contributed by atoms with van der Waals surface area (Å²) < 4.78 is 14.4. The van der Waals surface area contributed by atoms with Crippen LogP contribution in [-0.4, -0.2) is 37.9 Å². The lowest BCUT2D eigenvalue weighted by Crippen LogP contribution is -2.13. The molecular weight excluding hydrogens is 324 g/mol. The molecular formula is C16H17ClO6. The van der Waals surface area contributed by atoms with Gasteiger partial charge in [-0.3, -0.25) is 0 Å². The second-order valence-electron chi connectivity index (χ2n) is 4.34. The highest BCUT2D eigenvalue weighted by molar-refractivity contribution is 6.30. The van der Waals surface area contributed by atoms with Crippen molar-refractivity contribution in [3.8, 4) is 5.75 Å². The summed E-state index contributed by atoms with van der Waals surface area (Å²) in [5.41, 5.74) is 0.115. The quantitative estimate of drug-likeness (QED) is 0.605. The molecule has 1 N–H and O–H groups in total. The first-order chi connectivity index (χ1) is 10.9. The van der Waals surface area contributed by atoms with Gasteiger partial charge in [-0.05, 0) is 24.3 Å². The Morgan fingerprint density at radius 2 is 2.04 bits per heavy atom. The maximum absolute atomic E-state index is 11.5. The van der Waals surface area contributed by atoms with E-state index < -0.39 is 18.0 Å². The third kappa shape index (κ3) is 5.43. The highest BCUT2D eigenvalue weighted by atomic mass is 35.5. The molecule has 0 aromatic heterocycles. The molecule has 0 spiro atoms. The maximum atomic E-state index is 11.5. The molecule has 0 radical (unpaired) electrons. The van der Waals surface area contributed by atoms with E-state index in [0.717, 1.165) is 0 Å². The number of carbonyl (C=O) groups excluding carboxylic acids is 2. The highest BCUT2D eigenvalue weighted by Gasteiger charge is 2.22. The molecule has 124 valence electrons. The van der Waals surface area contributed by atoms with Crippen LogP contribution in [0.4, 0.5) is 0 Å². The van der Waals surface area contributed by atoms with E-state index >= 15 is 0 Å². The number of carbonyl (C=O) groups is 2. The first kappa shape index (κ1) is 18.7. The minimum atomic E-state index is -1.33. The van der Waals surface area contributed by atoms with Crippen LogP contribution in [-0.2, 0) is 19.1 Å². The van der Waals surface area contributed by atoms with Gasteiger partial charge in [0, 0.05) is 16.7 Å². The summed E-state index contributed by atoms with van der Waals surface area (Å²) in [6.07, 6.45) is 1.33. The van der Waals surface area contributed by atoms with Crippen molar-refractivity contribution in [3.63, 3.8) is 0 Å². The number of esters is 2. The number of hydrogen-bond acceptors (Lipinski definition) is 6. The number of halogens is 1. The fourth-order valence-corrected chi connectivity index (χ4v) is 1.83. The van der Waals surface area contributed by atoms with Crippen molar-refractivity contribution in [3.05, 3.63) is 53.1 Å². The van der Waals surface area contributed by atoms with Gasteiger partial charge in [0.2, 0.25) is 0 Å². The van der Waals surface area contributed by atoms with E-state index in [-0.39, 0.29) is 17.7 Å². The Morgan fingerprint density at radius 1 is 1.35 bits per heavy atom. The summed E-state index contributed by atoms with van der Waals surface area (Å²) in [6, 6.07) is 4.56. The molecule has 0 bridgehead atoms. The number of hydrogen-bond donors (Lipinski definition) is 1. The topological polar surface area (TPSA) is 82.1 Å². The SMILES string of the molecule is C=C(C(=O)OC)C(O)c1cc(Cl)ccc1OC/C=C/C(=O)OC.